The Morgan fingerprint density at radius 2 is 0.446 bits per heavy atom. The highest BCUT2D eigenvalue weighted by Gasteiger charge is 2.47. The minimum atomic E-state index is -0.234. The molecular weight excluding hydrogens is 1570 g/mol. The standard InChI is InChI=1S/C125H146N4O/c1-7-13-19-25-31-43-75-123(76-44-32-26-20-14-8-2)115-87-97(95-49-39-37-40-50-95)57-63-107(115)108-64-58-98(88-116(108)123)99-59-65-109-111-67-61-103(91-119(111)124(117(109)89-99,77-45-33-27-21-15-9-3)78-46-34-28-22-16-10-4)113-85-101(56-54-94-73-83-127-84-74-94)114(86-100(113)55-53-93-71-81-126-82-72-93)104-62-68-112-110-66-60-102(106-70-69-105(96-51-41-38-42-52-96)121-122(106)129-130-128-121)90-118(110)125(120(112)92-104,79-47-35-29-23-17-11-5)80-48-36-30-24-18-12-6/h37-42,49-74,81-92H,7-36,43-48,75-80H2,1-6H3/b55-53+,56-54+. The van der Waals surface area contributed by atoms with Crippen LogP contribution >= 0.6 is 0 Å². The van der Waals surface area contributed by atoms with E-state index in [1.165, 1.54) is 350 Å². The molecule has 0 aliphatic heterocycles. The molecule has 3 aliphatic carbocycles. The van der Waals surface area contributed by atoms with Crippen LogP contribution in [0.2, 0.25) is 0 Å². The van der Waals surface area contributed by atoms with Crippen molar-refractivity contribution in [3.63, 3.8) is 0 Å². The van der Waals surface area contributed by atoms with Gasteiger partial charge in [0.2, 0.25) is 0 Å². The van der Waals surface area contributed by atoms with Crippen molar-refractivity contribution >= 4 is 35.3 Å². The van der Waals surface area contributed by atoms with Gasteiger partial charge in [-0.15, -0.1) is 0 Å². The molecule has 0 fully saturated rings. The normalized spacial score (nSPS) is 13.6. The minimum Gasteiger partial charge on any atom is -0.265 e. The lowest BCUT2D eigenvalue weighted by Gasteiger charge is -2.34. The smallest absolute Gasteiger partial charge is 0.143 e. The van der Waals surface area contributed by atoms with Crippen LogP contribution in [-0.4, -0.2) is 20.3 Å². The molecule has 0 N–H and O–H groups in total. The van der Waals surface area contributed by atoms with Gasteiger partial charge in [-0.2, -0.15) is 0 Å². The van der Waals surface area contributed by atoms with Gasteiger partial charge in [-0.3, -0.25) is 9.97 Å². The lowest BCUT2D eigenvalue weighted by molar-refractivity contribution is 0.315. The number of nitrogens with zero attached hydrogens (tertiary/aromatic N) is 4. The summed E-state index contributed by atoms with van der Waals surface area (Å²) in [5.41, 5.74) is 38.1. The second-order valence-electron chi connectivity index (χ2n) is 39.0. The van der Waals surface area contributed by atoms with E-state index in [2.05, 4.69) is 299 Å². The molecule has 5 nitrogen and oxygen atoms in total. The van der Waals surface area contributed by atoms with Crippen LogP contribution in [0.25, 0.3) is 135 Å². The number of hydrogen-bond donors (Lipinski definition) is 0. The molecule has 3 aromatic heterocycles. The summed E-state index contributed by atoms with van der Waals surface area (Å²) in [6.07, 6.45) is 69.8. The van der Waals surface area contributed by atoms with Crippen LogP contribution in [-0.2, 0) is 16.2 Å². The molecule has 0 saturated heterocycles. The van der Waals surface area contributed by atoms with E-state index in [0.29, 0.717) is 0 Å². The molecule has 0 spiro atoms. The maximum atomic E-state index is 5.70. The zero-order chi connectivity index (χ0) is 89.2. The Labute approximate surface area is 781 Å². The highest BCUT2D eigenvalue weighted by Crippen LogP contribution is 2.61. The average Bonchev–Trinajstić information content (AvgIpc) is 1.57. The van der Waals surface area contributed by atoms with E-state index < -0.39 is 0 Å². The van der Waals surface area contributed by atoms with E-state index in [4.69, 9.17) is 9.79 Å². The van der Waals surface area contributed by atoms with E-state index in [9.17, 15) is 0 Å². The highest BCUT2D eigenvalue weighted by molar-refractivity contribution is 6.01. The van der Waals surface area contributed by atoms with Crippen LogP contribution in [0.15, 0.2) is 248 Å². The van der Waals surface area contributed by atoms with Crippen LogP contribution in [0.5, 0.6) is 0 Å². The van der Waals surface area contributed by atoms with Gasteiger partial charge in [0.15, 0.2) is 0 Å². The fourth-order valence-electron chi connectivity index (χ4n) is 23.1. The topological polar surface area (TPSA) is 64.7 Å². The average molecular weight is 1720 g/mol. The van der Waals surface area contributed by atoms with E-state index in [1.807, 2.05) is 24.8 Å². The number of rotatable bonds is 52. The fraction of sp³-hybridized carbons (Fsp3) is 0.408. The molecule has 0 saturated carbocycles. The van der Waals surface area contributed by atoms with E-state index in [1.54, 1.807) is 16.7 Å². The summed E-state index contributed by atoms with van der Waals surface area (Å²) in [5, 5.41) is 9.31. The number of unbranched alkanes of at least 4 members (excludes halogenated alkanes) is 30. The van der Waals surface area contributed by atoms with Gasteiger partial charge in [0.25, 0.3) is 0 Å². The molecule has 10 aromatic carbocycles. The summed E-state index contributed by atoms with van der Waals surface area (Å²) in [4.78, 5) is 9.06. The number of benzene rings is 10. The first-order valence-corrected chi connectivity index (χ1v) is 51.8. The maximum Gasteiger partial charge on any atom is 0.143 e. The molecule has 672 valence electrons. The molecule has 0 radical (unpaired) electrons. The predicted octanol–water partition coefficient (Wildman–Crippen LogP) is 37.7. The quantitative estimate of drug-likeness (QED) is 0.0356. The Balaban J connectivity index is 0.851. The first-order valence-electron chi connectivity index (χ1n) is 51.8. The molecule has 13 aromatic rings. The van der Waals surface area contributed by atoms with Crippen molar-refractivity contribution in [2.75, 3.05) is 0 Å². The van der Waals surface area contributed by atoms with Gasteiger partial charge in [0, 0.05) is 52.2 Å². The Bertz CT molecular complexity index is 5820. The third-order valence-electron chi connectivity index (χ3n) is 30.2. The zero-order valence-electron chi connectivity index (χ0n) is 79.8. The molecule has 3 aliphatic rings. The van der Waals surface area contributed by atoms with Gasteiger partial charge in [0.05, 0.1) is 0 Å². The van der Waals surface area contributed by atoms with E-state index in [-0.39, 0.29) is 16.2 Å². The molecule has 0 bridgehead atoms. The van der Waals surface area contributed by atoms with Gasteiger partial charge >= 0.3 is 0 Å². The minimum absolute atomic E-state index is 0.0716. The second kappa shape index (κ2) is 46.0. The van der Waals surface area contributed by atoms with Gasteiger partial charge in [-0.05, 0) is 266 Å². The van der Waals surface area contributed by atoms with Crippen LogP contribution < -0.4 is 0 Å². The van der Waals surface area contributed by atoms with Crippen LogP contribution in [0.4, 0.5) is 0 Å². The molecule has 0 amide bonds. The predicted molar refractivity (Wildman–Crippen MR) is 557 cm³/mol. The van der Waals surface area contributed by atoms with Crippen molar-refractivity contribution in [1.82, 2.24) is 20.3 Å². The number of pyridine rings is 2. The lowest BCUT2D eigenvalue weighted by atomic mass is 9.69. The monoisotopic (exact) mass is 1720 g/mol. The largest absolute Gasteiger partial charge is 0.265 e. The summed E-state index contributed by atoms with van der Waals surface area (Å²) in [5.74, 6) is 0. The SMILES string of the molecule is CCCCCCCCC1(CCCCCCCC)c2cc(-c3ccccc3)ccc2-c2ccc(-c3ccc4c(c3)C(CCCCCCCC)(CCCCCCCC)c3cc(-c5cc(/C=C/c6ccncc6)c(-c6ccc7c(c6)C(CCCCCCCC)(CCCCCCCC)c6cc(-c8ccc(-c9ccccc9)c9nonc89)ccc6-7)cc5/C=C/c5ccncc5)ccc3-4)cc21. The van der Waals surface area contributed by atoms with E-state index >= 15 is 0 Å². The van der Waals surface area contributed by atoms with Crippen LogP contribution in [0.1, 0.15) is 367 Å². The highest BCUT2D eigenvalue weighted by atomic mass is 16.6. The Morgan fingerprint density at radius 3 is 0.746 bits per heavy atom. The Kier molecular flexibility index (Phi) is 32.8. The first-order chi connectivity index (χ1) is 64.2. The summed E-state index contributed by atoms with van der Waals surface area (Å²) in [7, 11) is 0. The summed E-state index contributed by atoms with van der Waals surface area (Å²) < 4.78 is 5.70. The van der Waals surface area contributed by atoms with Gasteiger partial charge < -0.3 is 0 Å². The maximum absolute atomic E-state index is 5.70. The Hall–Kier alpha value is -10.6. The molecule has 16 rings (SSSR count). The van der Waals surface area contributed by atoms with Crippen molar-refractivity contribution < 1.29 is 4.63 Å². The first kappa shape index (κ1) is 92.6. The van der Waals surface area contributed by atoms with Gasteiger partial charge in [0.1, 0.15) is 11.0 Å². The molecule has 5 heteroatoms. The molecular formula is C125H146N4O. The van der Waals surface area contributed by atoms with Crippen molar-refractivity contribution in [3.8, 4) is 100 Å². The number of hydrogen-bond acceptors (Lipinski definition) is 5. The molecule has 130 heavy (non-hydrogen) atoms. The van der Waals surface area contributed by atoms with Crippen molar-refractivity contribution in [3.05, 3.63) is 299 Å². The summed E-state index contributed by atoms with van der Waals surface area (Å²) in [6, 6.07) is 86.2. The van der Waals surface area contributed by atoms with E-state index in [0.717, 1.165) is 70.1 Å². The second-order valence-corrected chi connectivity index (χ2v) is 39.0. The fourth-order valence-corrected chi connectivity index (χ4v) is 23.1. The summed E-state index contributed by atoms with van der Waals surface area (Å²) >= 11 is 0. The van der Waals surface area contributed by atoms with Crippen LogP contribution in [0.3, 0.4) is 0 Å². The third kappa shape index (κ3) is 21.1. The summed E-state index contributed by atoms with van der Waals surface area (Å²) in [6.45, 7) is 14.1. The van der Waals surface area contributed by atoms with Crippen molar-refractivity contribution in [2.45, 2.75) is 327 Å². The van der Waals surface area contributed by atoms with Crippen molar-refractivity contribution in [2.24, 2.45) is 0 Å². The third-order valence-corrected chi connectivity index (χ3v) is 30.2. The molecule has 0 unspecified atom stereocenters. The molecule has 0 atom stereocenters. The van der Waals surface area contributed by atoms with Gasteiger partial charge in [-0.1, -0.05) is 443 Å². The van der Waals surface area contributed by atoms with Crippen molar-refractivity contribution in [1.29, 1.82) is 0 Å². The Morgan fingerprint density at radius 1 is 0.208 bits per heavy atom. The molecule has 3 heterocycles. The lowest BCUT2D eigenvalue weighted by Crippen LogP contribution is -2.26. The number of aromatic nitrogens is 4. The van der Waals surface area contributed by atoms with Crippen LogP contribution in [0, 0.1) is 0 Å². The number of fused-ring (bicyclic) bond motifs is 10. The van der Waals surface area contributed by atoms with Gasteiger partial charge in [-0.25, -0.2) is 4.63 Å². The zero-order valence-corrected chi connectivity index (χ0v) is 79.8.